The van der Waals surface area contributed by atoms with Gasteiger partial charge in [0.05, 0.1) is 12.2 Å². The number of nitrogens with one attached hydrogen (secondary N) is 1. The van der Waals surface area contributed by atoms with E-state index in [0.717, 1.165) is 11.1 Å². The lowest BCUT2D eigenvalue weighted by atomic mass is 10.1. The summed E-state index contributed by atoms with van der Waals surface area (Å²) in [4.78, 5) is 28.0. The lowest BCUT2D eigenvalue weighted by Crippen LogP contribution is -2.23. The molecule has 0 spiro atoms. The molecule has 7 heteroatoms. The number of amides is 1. The molecular formula is C23H19N3O4. The first kappa shape index (κ1) is 20.6. The third kappa shape index (κ3) is 5.20. The molecule has 2 aromatic heterocycles. The Balaban J connectivity index is 1.69. The maximum absolute atomic E-state index is 12.3. The van der Waals surface area contributed by atoms with E-state index in [-0.39, 0.29) is 18.1 Å². The van der Waals surface area contributed by atoms with Crippen LogP contribution in [0.3, 0.4) is 0 Å². The van der Waals surface area contributed by atoms with Crippen LogP contribution in [0.25, 0.3) is 17.4 Å². The molecule has 0 aliphatic carbocycles. The Hall–Kier alpha value is -4.18. The number of benzene rings is 1. The van der Waals surface area contributed by atoms with Gasteiger partial charge >= 0.3 is 5.97 Å². The third-order valence-corrected chi connectivity index (χ3v) is 4.13. The van der Waals surface area contributed by atoms with E-state index in [4.69, 9.17) is 9.15 Å². The van der Waals surface area contributed by atoms with E-state index in [1.54, 1.807) is 61.8 Å². The molecule has 0 saturated carbocycles. The topological polar surface area (TPSA) is 105 Å². The first-order valence-corrected chi connectivity index (χ1v) is 9.27. The van der Waals surface area contributed by atoms with Crippen molar-refractivity contribution in [1.82, 2.24) is 10.3 Å². The summed E-state index contributed by atoms with van der Waals surface area (Å²) in [5.74, 6) is 0.0263. The number of ether oxygens (including phenoxy) is 1. The van der Waals surface area contributed by atoms with Crippen molar-refractivity contribution in [2.75, 3.05) is 6.61 Å². The van der Waals surface area contributed by atoms with E-state index in [1.165, 1.54) is 6.08 Å². The summed E-state index contributed by atoms with van der Waals surface area (Å²) in [6.45, 7) is 2.33. The van der Waals surface area contributed by atoms with Crippen molar-refractivity contribution in [1.29, 1.82) is 5.26 Å². The summed E-state index contributed by atoms with van der Waals surface area (Å²) in [6, 6.07) is 15.7. The molecule has 0 saturated heterocycles. The molecule has 30 heavy (non-hydrogen) atoms. The predicted octanol–water partition coefficient (Wildman–Crippen LogP) is 3.74. The van der Waals surface area contributed by atoms with Crippen LogP contribution in [0.2, 0.25) is 0 Å². The zero-order valence-electron chi connectivity index (χ0n) is 16.3. The quantitative estimate of drug-likeness (QED) is 0.367. The number of carbonyl (C=O) groups excluding carboxylic acids is 2. The van der Waals surface area contributed by atoms with Crippen molar-refractivity contribution in [3.63, 3.8) is 0 Å². The number of hydrogen-bond donors (Lipinski definition) is 1. The number of aromatic nitrogens is 1. The van der Waals surface area contributed by atoms with Gasteiger partial charge in [-0.25, -0.2) is 4.79 Å². The van der Waals surface area contributed by atoms with Crippen LogP contribution in [-0.2, 0) is 16.1 Å². The number of rotatable bonds is 7. The van der Waals surface area contributed by atoms with Crippen molar-refractivity contribution in [2.45, 2.75) is 13.5 Å². The normalized spacial score (nSPS) is 10.9. The molecule has 0 unspecified atom stereocenters. The molecule has 0 aliphatic rings. The van der Waals surface area contributed by atoms with Gasteiger partial charge in [0.25, 0.3) is 5.91 Å². The Morgan fingerprint density at radius 2 is 2.00 bits per heavy atom. The minimum Gasteiger partial charge on any atom is -0.462 e. The Morgan fingerprint density at radius 1 is 1.20 bits per heavy atom. The Kier molecular flexibility index (Phi) is 6.74. The average Bonchev–Trinajstić information content (AvgIpc) is 3.25. The van der Waals surface area contributed by atoms with Gasteiger partial charge < -0.3 is 14.5 Å². The molecule has 2 heterocycles. The summed E-state index contributed by atoms with van der Waals surface area (Å²) in [7, 11) is 0. The van der Waals surface area contributed by atoms with Crippen LogP contribution in [0.4, 0.5) is 0 Å². The largest absolute Gasteiger partial charge is 0.462 e. The lowest BCUT2D eigenvalue weighted by Gasteiger charge is -2.03. The Bertz CT molecular complexity index is 1090. The van der Waals surface area contributed by atoms with Gasteiger partial charge in [-0.1, -0.05) is 18.2 Å². The molecule has 3 aromatic rings. The predicted molar refractivity (Wildman–Crippen MR) is 110 cm³/mol. The summed E-state index contributed by atoms with van der Waals surface area (Å²) >= 11 is 0. The standard InChI is InChI=1S/C23H19N3O4/c1-2-29-23(28)18-7-5-17(6-8-18)21-10-9-20(30-21)12-19(13-24)22(27)26-15-16-4-3-11-25-14-16/h3-12,14H,2,15H2,1H3,(H,26,27). The second kappa shape index (κ2) is 9.85. The van der Waals surface area contributed by atoms with Crippen LogP contribution < -0.4 is 5.32 Å². The fraction of sp³-hybridized carbons (Fsp3) is 0.130. The second-order valence-corrected chi connectivity index (χ2v) is 6.21. The van der Waals surface area contributed by atoms with Gasteiger partial charge in [0, 0.05) is 30.6 Å². The van der Waals surface area contributed by atoms with E-state index < -0.39 is 5.91 Å². The molecule has 0 atom stereocenters. The van der Waals surface area contributed by atoms with Gasteiger partial charge in [-0.3, -0.25) is 9.78 Å². The number of esters is 1. The highest BCUT2D eigenvalue weighted by molar-refractivity contribution is 6.01. The van der Waals surface area contributed by atoms with Crippen LogP contribution in [0.5, 0.6) is 0 Å². The highest BCUT2D eigenvalue weighted by Crippen LogP contribution is 2.24. The number of pyridine rings is 1. The molecule has 150 valence electrons. The highest BCUT2D eigenvalue weighted by atomic mass is 16.5. The maximum atomic E-state index is 12.3. The maximum Gasteiger partial charge on any atom is 0.338 e. The van der Waals surface area contributed by atoms with Crippen molar-refractivity contribution in [3.8, 4) is 17.4 Å². The third-order valence-electron chi connectivity index (χ3n) is 4.13. The zero-order chi connectivity index (χ0) is 21.3. The number of hydrogen-bond acceptors (Lipinski definition) is 6. The highest BCUT2D eigenvalue weighted by Gasteiger charge is 2.12. The van der Waals surface area contributed by atoms with E-state index in [2.05, 4.69) is 10.3 Å². The number of nitrogens with zero attached hydrogens (tertiary/aromatic N) is 2. The molecule has 0 fully saturated rings. The van der Waals surface area contributed by atoms with E-state index >= 15 is 0 Å². The van der Waals surface area contributed by atoms with Gasteiger partial charge in [-0.05, 0) is 42.8 Å². The molecule has 0 bridgehead atoms. The van der Waals surface area contributed by atoms with Crippen LogP contribution >= 0.6 is 0 Å². The number of furan rings is 1. The second-order valence-electron chi connectivity index (χ2n) is 6.21. The smallest absolute Gasteiger partial charge is 0.338 e. The van der Waals surface area contributed by atoms with Crippen molar-refractivity contribution in [2.24, 2.45) is 0 Å². The van der Waals surface area contributed by atoms with Crippen LogP contribution in [0.15, 0.2) is 70.9 Å². The monoisotopic (exact) mass is 401 g/mol. The van der Waals surface area contributed by atoms with E-state index in [0.29, 0.717) is 23.7 Å². The molecule has 7 nitrogen and oxygen atoms in total. The molecular weight excluding hydrogens is 382 g/mol. The number of carbonyl (C=O) groups is 2. The van der Waals surface area contributed by atoms with Crippen molar-refractivity contribution < 1.29 is 18.7 Å². The molecule has 3 rings (SSSR count). The number of nitriles is 1. The minimum atomic E-state index is -0.502. The van der Waals surface area contributed by atoms with Crippen molar-refractivity contribution >= 4 is 18.0 Å². The first-order valence-electron chi connectivity index (χ1n) is 9.27. The Morgan fingerprint density at radius 3 is 2.67 bits per heavy atom. The molecule has 1 aromatic carbocycles. The van der Waals surface area contributed by atoms with Crippen molar-refractivity contribution in [3.05, 3.63) is 83.4 Å². The summed E-state index contributed by atoms with van der Waals surface area (Å²) < 4.78 is 10.7. The summed E-state index contributed by atoms with van der Waals surface area (Å²) in [6.07, 6.45) is 4.67. The SMILES string of the molecule is CCOC(=O)c1ccc(-c2ccc(C=C(C#N)C(=O)NCc3cccnc3)o2)cc1. The zero-order valence-corrected chi connectivity index (χ0v) is 16.3. The summed E-state index contributed by atoms with van der Waals surface area (Å²) in [5.41, 5.74) is 1.96. The fourth-order valence-electron chi connectivity index (χ4n) is 2.64. The van der Waals surface area contributed by atoms with Gasteiger partial charge in [-0.2, -0.15) is 5.26 Å². The molecule has 0 radical (unpaired) electrons. The average molecular weight is 401 g/mol. The molecule has 1 amide bonds. The Labute approximate surface area is 173 Å². The molecule has 1 N–H and O–H groups in total. The van der Waals surface area contributed by atoms with Gasteiger partial charge in [-0.15, -0.1) is 0 Å². The minimum absolute atomic E-state index is 0.0718. The van der Waals surface area contributed by atoms with Gasteiger partial charge in [0.1, 0.15) is 23.2 Å². The van der Waals surface area contributed by atoms with Crippen LogP contribution in [-0.4, -0.2) is 23.5 Å². The van der Waals surface area contributed by atoms with Crippen LogP contribution in [0.1, 0.15) is 28.6 Å². The summed E-state index contributed by atoms with van der Waals surface area (Å²) in [5, 5.41) is 12.0. The molecule has 0 aliphatic heterocycles. The van der Waals surface area contributed by atoms with Gasteiger partial charge in [0.15, 0.2) is 0 Å². The fourth-order valence-corrected chi connectivity index (χ4v) is 2.64. The first-order chi connectivity index (χ1) is 14.6. The van der Waals surface area contributed by atoms with Crippen LogP contribution in [0, 0.1) is 11.3 Å². The lowest BCUT2D eigenvalue weighted by molar-refractivity contribution is -0.117. The van der Waals surface area contributed by atoms with Gasteiger partial charge in [0.2, 0.25) is 0 Å². The van der Waals surface area contributed by atoms with E-state index in [9.17, 15) is 14.9 Å². The van der Waals surface area contributed by atoms with E-state index in [1.807, 2.05) is 12.1 Å².